The molecule has 0 aliphatic heterocycles. The Morgan fingerprint density at radius 3 is 1.67 bits per heavy atom. The minimum absolute atomic E-state index is 0.462. The Morgan fingerprint density at radius 2 is 1.29 bits per heavy atom. The van der Waals surface area contributed by atoms with Gasteiger partial charge in [-0.3, -0.25) is 0 Å². The van der Waals surface area contributed by atoms with Crippen LogP contribution in [-0.2, 0) is 4.79 Å². The molecule has 0 amide bonds. The molecule has 0 bridgehead atoms. The molecule has 2 nitrogen and oxygen atoms in total. The highest BCUT2D eigenvalue weighted by atomic mass is 16.4. The van der Waals surface area contributed by atoms with Crippen molar-refractivity contribution in [3.05, 3.63) is 11.6 Å². The summed E-state index contributed by atoms with van der Waals surface area (Å²) in [5.41, 5.74) is 0.516. The van der Waals surface area contributed by atoms with E-state index in [0.717, 1.165) is 12.8 Å². The van der Waals surface area contributed by atoms with Gasteiger partial charge in [-0.05, 0) is 25.7 Å². The van der Waals surface area contributed by atoms with Gasteiger partial charge >= 0.3 is 5.97 Å². The molecule has 1 N–H and O–H groups in total. The van der Waals surface area contributed by atoms with Crippen molar-refractivity contribution in [3.8, 4) is 0 Å². The standard InChI is InChI=1S/C19H36O2/c1-4-6-8-10-12-14-18(16-17(3)19(20)21)15-13-11-9-7-5-2/h16,18H,4-15H2,1-3H3,(H,20,21). The molecule has 0 radical (unpaired) electrons. The van der Waals surface area contributed by atoms with Crippen LogP contribution in [0, 0.1) is 5.92 Å². The van der Waals surface area contributed by atoms with Crippen LogP contribution >= 0.6 is 0 Å². The van der Waals surface area contributed by atoms with Gasteiger partial charge in [-0.2, -0.15) is 0 Å². The first kappa shape index (κ1) is 20.2. The van der Waals surface area contributed by atoms with Crippen LogP contribution in [0.25, 0.3) is 0 Å². The number of aliphatic carboxylic acids is 1. The van der Waals surface area contributed by atoms with Gasteiger partial charge in [-0.15, -0.1) is 0 Å². The molecule has 0 aliphatic carbocycles. The average molecular weight is 296 g/mol. The number of unbranched alkanes of at least 4 members (excludes halogenated alkanes) is 8. The van der Waals surface area contributed by atoms with Crippen molar-refractivity contribution >= 4 is 5.97 Å². The van der Waals surface area contributed by atoms with Crippen molar-refractivity contribution in [1.82, 2.24) is 0 Å². The number of allylic oxidation sites excluding steroid dienone is 1. The number of hydrogen-bond donors (Lipinski definition) is 1. The molecule has 0 fully saturated rings. The monoisotopic (exact) mass is 296 g/mol. The van der Waals surface area contributed by atoms with Gasteiger partial charge in [0.25, 0.3) is 0 Å². The van der Waals surface area contributed by atoms with E-state index in [0.29, 0.717) is 11.5 Å². The topological polar surface area (TPSA) is 37.3 Å². The number of rotatable bonds is 14. The lowest BCUT2D eigenvalue weighted by atomic mass is 9.92. The van der Waals surface area contributed by atoms with E-state index in [1.807, 2.05) is 6.08 Å². The first-order chi connectivity index (χ1) is 10.1. The molecular formula is C19H36O2. The molecule has 0 aromatic heterocycles. The summed E-state index contributed by atoms with van der Waals surface area (Å²) in [5, 5.41) is 9.05. The van der Waals surface area contributed by atoms with Crippen LogP contribution in [0.15, 0.2) is 11.6 Å². The van der Waals surface area contributed by atoms with Gasteiger partial charge in [0.1, 0.15) is 0 Å². The number of carboxylic acid groups (broad SMARTS) is 1. The van der Waals surface area contributed by atoms with Crippen LogP contribution in [0.4, 0.5) is 0 Å². The Kier molecular flexibility index (Phi) is 13.6. The van der Waals surface area contributed by atoms with Crippen LogP contribution < -0.4 is 0 Å². The minimum atomic E-state index is -0.767. The molecule has 0 unspecified atom stereocenters. The quantitative estimate of drug-likeness (QED) is 0.299. The second kappa shape index (κ2) is 14.2. The smallest absolute Gasteiger partial charge is 0.330 e. The highest BCUT2D eigenvalue weighted by molar-refractivity contribution is 5.85. The molecule has 0 rings (SSSR count). The SMILES string of the molecule is CCCCCCCC(C=C(C)C(=O)O)CCCCCCC. The van der Waals surface area contributed by atoms with Crippen LogP contribution in [-0.4, -0.2) is 11.1 Å². The first-order valence-electron chi connectivity index (χ1n) is 9.03. The summed E-state index contributed by atoms with van der Waals surface area (Å²) in [5.74, 6) is -0.304. The molecular weight excluding hydrogens is 260 g/mol. The van der Waals surface area contributed by atoms with Crippen LogP contribution in [0.3, 0.4) is 0 Å². The van der Waals surface area contributed by atoms with Gasteiger partial charge < -0.3 is 5.11 Å². The molecule has 21 heavy (non-hydrogen) atoms. The van der Waals surface area contributed by atoms with Crippen molar-refractivity contribution in [2.75, 3.05) is 0 Å². The number of carbonyl (C=O) groups is 1. The van der Waals surface area contributed by atoms with E-state index in [-0.39, 0.29) is 0 Å². The van der Waals surface area contributed by atoms with Crippen molar-refractivity contribution in [2.45, 2.75) is 97.8 Å². The molecule has 0 heterocycles. The highest BCUT2D eigenvalue weighted by Crippen LogP contribution is 2.21. The summed E-state index contributed by atoms with van der Waals surface area (Å²) in [7, 11) is 0. The van der Waals surface area contributed by atoms with Crippen molar-refractivity contribution in [3.63, 3.8) is 0 Å². The molecule has 0 spiro atoms. The molecule has 0 aromatic rings. The summed E-state index contributed by atoms with van der Waals surface area (Å²) < 4.78 is 0. The maximum absolute atomic E-state index is 11.0. The van der Waals surface area contributed by atoms with Gasteiger partial charge in [-0.1, -0.05) is 84.1 Å². The van der Waals surface area contributed by atoms with Gasteiger partial charge in [0.2, 0.25) is 0 Å². The third kappa shape index (κ3) is 12.6. The van der Waals surface area contributed by atoms with Gasteiger partial charge in [0, 0.05) is 5.57 Å². The van der Waals surface area contributed by atoms with Crippen LogP contribution in [0.2, 0.25) is 0 Å². The lowest BCUT2D eigenvalue weighted by Gasteiger charge is -2.13. The predicted molar refractivity (Wildman–Crippen MR) is 91.6 cm³/mol. The zero-order valence-electron chi connectivity index (χ0n) is 14.5. The van der Waals surface area contributed by atoms with Crippen LogP contribution in [0.1, 0.15) is 97.8 Å². The molecule has 0 saturated carbocycles. The molecule has 0 aromatic carbocycles. The van der Waals surface area contributed by atoms with E-state index in [9.17, 15) is 4.79 Å². The van der Waals surface area contributed by atoms with Crippen molar-refractivity contribution in [2.24, 2.45) is 5.92 Å². The number of carboxylic acids is 1. The van der Waals surface area contributed by atoms with Crippen molar-refractivity contribution < 1.29 is 9.90 Å². The van der Waals surface area contributed by atoms with Gasteiger partial charge in [-0.25, -0.2) is 4.79 Å². The third-order valence-corrected chi connectivity index (χ3v) is 4.18. The second-order valence-corrected chi connectivity index (χ2v) is 6.32. The van der Waals surface area contributed by atoms with Gasteiger partial charge in [0.15, 0.2) is 0 Å². The molecule has 0 aliphatic rings. The third-order valence-electron chi connectivity index (χ3n) is 4.18. The van der Waals surface area contributed by atoms with E-state index in [4.69, 9.17) is 5.11 Å². The van der Waals surface area contributed by atoms with E-state index in [1.165, 1.54) is 64.2 Å². The van der Waals surface area contributed by atoms with Gasteiger partial charge in [0.05, 0.1) is 0 Å². The zero-order valence-corrected chi connectivity index (χ0v) is 14.5. The predicted octanol–water partition coefficient (Wildman–Crippen LogP) is 6.35. The normalized spacial score (nSPS) is 12.1. The first-order valence-corrected chi connectivity index (χ1v) is 9.03. The summed E-state index contributed by atoms with van der Waals surface area (Å²) >= 11 is 0. The second-order valence-electron chi connectivity index (χ2n) is 6.32. The largest absolute Gasteiger partial charge is 0.478 e. The summed E-state index contributed by atoms with van der Waals surface area (Å²) in [4.78, 5) is 11.0. The lowest BCUT2D eigenvalue weighted by molar-refractivity contribution is -0.132. The van der Waals surface area contributed by atoms with E-state index < -0.39 is 5.97 Å². The Morgan fingerprint density at radius 1 is 0.857 bits per heavy atom. The Bertz CT molecular complexity index is 267. The summed E-state index contributed by atoms with van der Waals surface area (Å²) in [6.45, 7) is 6.19. The van der Waals surface area contributed by atoms with E-state index >= 15 is 0 Å². The Hall–Kier alpha value is -0.790. The van der Waals surface area contributed by atoms with Crippen LogP contribution in [0.5, 0.6) is 0 Å². The number of hydrogen-bond acceptors (Lipinski definition) is 1. The highest BCUT2D eigenvalue weighted by Gasteiger charge is 2.09. The Balaban J connectivity index is 4.09. The molecule has 124 valence electrons. The van der Waals surface area contributed by atoms with E-state index in [1.54, 1.807) is 6.92 Å². The molecule has 0 atom stereocenters. The summed E-state index contributed by atoms with van der Waals surface area (Å²) in [6.07, 6.45) is 17.2. The fourth-order valence-electron chi connectivity index (χ4n) is 2.76. The average Bonchev–Trinajstić information content (AvgIpc) is 2.46. The molecule has 2 heteroatoms. The molecule has 0 saturated heterocycles. The van der Waals surface area contributed by atoms with Crippen molar-refractivity contribution in [1.29, 1.82) is 0 Å². The fraction of sp³-hybridized carbons (Fsp3) is 0.842. The fourth-order valence-corrected chi connectivity index (χ4v) is 2.76. The maximum atomic E-state index is 11.0. The zero-order chi connectivity index (χ0) is 15.9. The minimum Gasteiger partial charge on any atom is -0.478 e. The summed E-state index contributed by atoms with van der Waals surface area (Å²) in [6, 6.07) is 0. The lowest BCUT2D eigenvalue weighted by Crippen LogP contribution is -2.03. The Labute approximate surface area is 132 Å². The maximum Gasteiger partial charge on any atom is 0.330 e. The van der Waals surface area contributed by atoms with E-state index in [2.05, 4.69) is 13.8 Å².